The molecule has 0 aliphatic heterocycles. The second kappa shape index (κ2) is 3.66. The van der Waals surface area contributed by atoms with E-state index < -0.39 is 0 Å². The summed E-state index contributed by atoms with van der Waals surface area (Å²) in [5.74, 6) is 1.46. The fourth-order valence-corrected chi connectivity index (χ4v) is 1.86. The first-order valence-corrected chi connectivity index (χ1v) is 5.50. The molecule has 0 unspecified atom stereocenters. The number of benzene rings is 1. The van der Waals surface area contributed by atoms with E-state index in [9.17, 15) is 0 Å². The Balaban J connectivity index is 2.18. The van der Waals surface area contributed by atoms with E-state index in [1.807, 2.05) is 19.1 Å². The highest BCUT2D eigenvalue weighted by atomic mass is 16.4. The van der Waals surface area contributed by atoms with E-state index >= 15 is 0 Å². The van der Waals surface area contributed by atoms with Crippen LogP contribution in [0.4, 0.5) is 5.69 Å². The molecule has 2 aromatic heterocycles. The number of hydrogen-bond donors (Lipinski definition) is 1. The van der Waals surface area contributed by atoms with Crippen LogP contribution < -0.4 is 5.73 Å². The van der Waals surface area contributed by atoms with Crippen LogP contribution in [0.2, 0.25) is 0 Å². The Bertz CT molecular complexity index is 667. The average molecular weight is 228 g/mol. The van der Waals surface area contributed by atoms with Gasteiger partial charge < -0.3 is 14.6 Å². The molecule has 17 heavy (non-hydrogen) atoms. The van der Waals surface area contributed by atoms with Gasteiger partial charge in [-0.2, -0.15) is 0 Å². The lowest BCUT2D eigenvalue weighted by molar-refractivity contribution is 0.514. The predicted molar refractivity (Wildman–Crippen MR) is 65.5 cm³/mol. The van der Waals surface area contributed by atoms with Crippen LogP contribution in [-0.4, -0.2) is 4.98 Å². The summed E-state index contributed by atoms with van der Waals surface area (Å²) < 4.78 is 11.0. The van der Waals surface area contributed by atoms with Crippen molar-refractivity contribution < 1.29 is 8.83 Å². The molecule has 0 saturated heterocycles. The van der Waals surface area contributed by atoms with Crippen molar-refractivity contribution in [2.24, 2.45) is 0 Å². The normalized spacial score (nSPS) is 11.1. The smallest absolute Gasteiger partial charge is 0.230 e. The first-order valence-electron chi connectivity index (χ1n) is 5.50. The van der Waals surface area contributed by atoms with Crippen LogP contribution in [0.1, 0.15) is 12.7 Å². The number of hydrogen-bond acceptors (Lipinski definition) is 4. The number of aryl methyl sites for hydroxylation is 1. The van der Waals surface area contributed by atoms with E-state index in [1.54, 1.807) is 18.4 Å². The third-order valence-corrected chi connectivity index (χ3v) is 2.71. The quantitative estimate of drug-likeness (QED) is 0.684. The number of nitrogens with zero attached hydrogens (tertiary/aromatic N) is 1. The van der Waals surface area contributed by atoms with Crippen molar-refractivity contribution in [3.63, 3.8) is 0 Å². The van der Waals surface area contributed by atoms with Gasteiger partial charge in [0.15, 0.2) is 5.58 Å². The fourth-order valence-electron chi connectivity index (χ4n) is 1.86. The van der Waals surface area contributed by atoms with Gasteiger partial charge in [-0.3, -0.25) is 0 Å². The lowest BCUT2D eigenvalue weighted by atomic mass is 10.2. The maximum absolute atomic E-state index is 5.71. The molecule has 3 rings (SSSR count). The molecule has 1 aromatic carbocycles. The Morgan fingerprint density at radius 3 is 3.00 bits per heavy atom. The Morgan fingerprint density at radius 2 is 2.18 bits per heavy atom. The third kappa shape index (κ3) is 1.58. The zero-order valence-electron chi connectivity index (χ0n) is 9.43. The van der Waals surface area contributed by atoms with Gasteiger partial charge in [0.25, 0.3) is 0 Å². The first kappa shape index (κ1) is 9.96. The molecular formula is C13H12N2O2. The number of furan rings is 1. The average Bonchev–Trinajstić information content (AvgIpc) is 2.93. The summed E-state index contributed by atoms with van der Waals surface area (Å²) in [6.45, 7) is 2.03. The van der Waals surface area contributed by atoms with Gasteiger partial charge >= 0.3 is 0 Å². The zero-order valence-corrected chi connectivity index (χ0v) is 9.43. The molecule has 2 heterocycles. The van der Waals surface area contributed by atoms with Gasteiger partial charge in [-0.25, -0.2) is 4.98 Å². The largest absolute Gasteiger partial charge is 0.469 e. The van der Waals surface area contributed by atoms with Crippen LogP contribution in [0.3, 0.4) is 0 Å². The SMILES string of the molecule is CCc1occc1-c1nc2cc(N)ccc2o1. The van der Waals surface area contributed by atoms with Crippen molar-refractivity contribution in [1.82, 2.24) is 4.98 Å². The van der Waals surface area contributed by atoms with Crippen LogP contribution in [0.15, 0.2) is 39.4 Å². The van der Waals surface area contributed by atoms with Crippen molar-refractivity contribution in [1.29, 1.82) is 0 Å². The summed E-state index contributed by atoms with van der Waals surface area (Å²) in [5.41, 5.74) is 8.79. The first-order chi connectivity index (χ1) is 8.28. The molecular weight excluding hydrogens is 216 g/mol. The summed E-state index contributed by atoms with van der Waals surface area (Å²) in [6.07, 6.45) is 2.46. The Morgan fingerprint density at radius 1 is 1.29 bits per heavy atom. The molecule has 0 saturated carbocycles. The van der Waals surface area contributed by atoms with Crippen molar-refractivity contribution in [3.8, 4) is 11.5 Å². The Labute approximate surface area is 98.0 Å². The molecule has 3 aromatic rings. The summed E-state index contributed by atoms with van der Waals surface area (Å²) >= 11 is 0. The van der Waals surface area contributed by atoms with Crippen LogP contribution in [-0.2, 0) is 6.42 Å². The Kier molecular flexibility index (Phi) is 2.14. The minimum Gasteiger partial charge on any atom is -0.469 e. The van der Waals surface area contributed by atoms with Gasteiger partial charge in [0, 0.05) is 12.1 Å². The number of nitrogens with two attached hydrogens (primary N) is 1. The van der Waals surface area contributed by atoms with E-state index in [4.69, 9.17) is 14.6 Å². The van der Waals surface area contributed by atoms with Crippen LogP contribution in [0, 0.1) is 0 Å². The van der Waals surface area contributed by atoms with Gasteiger partial charge in [0.1, 0.15) is 11.3 Å². The van der Waals surface area contributed by atoms with E-state index in [0.717, 1.165) is 28.8 Å². The van der Waals surface area contributed by atoms with Gasteiger partial charge in [0.05, 0.1) is 11.8 Å². The maximum Gasteiger partial charge on any atom is 0.230 e. The second-order valence-corrected chi connectivity index (χ2v) is 3.86. The van der Waals surface area contributed by atoms with E-state index in [2.05, 4.69) is 4.98 Å². The van der Waals surface area contributed by atoms with Crippen LogP contribution >= 0.6 is 0 Å². The zero-order chi connectivity index (χ0) is 11.8. The molecule has 0 atom stereocenters. The molecule has 0 bridgehead atoms. The van der Waals surface area contributed by atoms with Crippen LogP contribution in [0.5, 0.6) is 0 Å². The number of oxazole rings is 1. The highest BCUT2D eigenvalue weighted by Crippen LogP contribution is 2.28. The predicted octanol–water partition coefficient (Wildman–Crippen LogP) is 3.23. The third-order valence-electron chi connectivity index (χ3n) is 2.71. The lowest BCUT2D eigenvalue weighted by Gasteiger charge is -1.92. The molecule has 4 nitrogen and oxygen atoms in total. The topological polar surface area (TPSA) is 65.2 Å². The lowest BCUT2D eigenvalue weighted by Crippen LogP contribution is -1.82. The highest BCUT2D eigenvalue weighted by molar-refractivity contribution is 5.79. The molecule has 4 heteroatoms. The number of rotatable bonds is 2. The number of nitrogen functional groups attached to an aromatic ring is 1. The van der Waals surface area contributed by atoms with Crippen molar-refractivity contribution >= 4 is 16.8 Å². The summed E-state index contributed by atoms with van der Waals surface area (Å²) in [4.78, 5) is 4.42. The number of anilines is 1. The standard InChI is InChI=1S/C13H12N2O2/c1-2-11-9(5-6-16-11)13-15-10-7-8(14)3-4-12(10)17-13/h3-7H,2,14H2,1H3. The molecule has 0 fully saturated rings. The maximum atomic E-state index is 5.71. The van der Waals surface area contributed by atoms with Gasteiger partial charge in [-0.1, -0.05) is 6.92 Å². The fraction of sp³-hybridized carbons (Fsp3) is 0.154. The number of fused-ring (bicyclic) bond motifs is 1. The van der Waals surface area contributed by atoms with Crippen LogP contribution in [0.25, 0.3) is 22.6 Å². The highest BCUT2D eigenvalue weighted by Gasteiger charge is 2.13. The van der Waals surface area contributed by atoms with Gasteiger partial charge in [-0.15, -0.1) is 0 Å². The monoisotopic (exact) mass is 228 g/mol. The van der Waals surface area contributed by atoms with E-state index in [0.29, 0.717) is 11.6 Å². The molecule has 0 spiro atoms. The molecule has 0 amide bonds. The van der Waals surface area contributed by atoms with Crippen molar-refractivity contribution in [2.45, 2.75) is 13.3 Å². The minimum atomic E-state index is 0.580. The van der Waals surface area contributed by atoms with E-state index in [-0.39, 0.29) is 0 Å². The Hall–Kier alpha value is -2.23. The van der Waals surface area contributed by atoms with Crippen molar-refractivity contribution in [3.05, 3.63) is 36.3 Å². The van der Waals surface area contributed by atoms with Gasteiger partial charge in [0.2, 0.25) is 5.89 Å². The summed E-state index contributed by atoms with van der Waals surface area (Å²) in [6, 6.07) is 7.29. The van der Waals surface area contributed by atoms with E-state index in [1.165, 1.54) is 0 Å². The molecule has 0 aliphatic rings. The molecule has 86 valence electrons. The second-order valence-electron chi connectivity index (χ2n) is 3.86. The molecule has 0 aliphatic carbocycles. The molecule has 2 N–H and O–H groups in total. The minimum absolute atomic E-state index is 0.580. The van der Waals surface area contributed by atoms with Gasteiger partial charge in [-0.05, 0) is 24.3 Å². The van der Waals surface area contributed by atoms with Crippen molar-refractivity contribution in [2.75, 3.05) is 5.73 Å². The summed E-state index contributed by atoms with van der Waals surface area (Å²) in [5, 5.41) is 0. The summed E-state index contributed by atoms with van der Waals surface area (Å²) in [7, 11) is 0. The number of aromatic nitrogens is 1. The molecule has 0 radical (unpaired) electrons.